The van der Waals surface area contributed by atoms with E-state index in [2.05, 4.69) is 25.2 Å². The summed E-state index contributed by atoms with van der Waals surface area (Å²) >= 11 is 0. The highest BCUT2D eigenvalue weighted by atomic mass is 16.5. The van der Waals surface area contributed by atoms with Crippen LogP contribution in [-0.4, -0.2) is 54.8 Å². The van der Waals surface area contributed by atoms with Crippen LogP contribution in [0.1, 0.15) is 25.7 Å². The summed E-state index contributed by atoms with van der Waals surface area (Å²) in [4.78, 5) is 15.0. The van der Waals surface area contributed by atoms with Crippen molar-refractivity contribution in [3.63, 3.8) is 0 Å². The number of methoxy groups -OCH3 is 2. The predicted molar refractivity (Wildman–Crippen MR) is 78.9 cm³/mol. The van der Waals surface area contributed by atoms with Gasteiger partial charge in [-0.2, -0.15) is 9.97 Å². The van der Waals surface area contributed by atoms with Crippen molar-refractivity contribution in [2.45, 2.75) is 31.7 Å². The van der Waals surface area contributed by atoms with Crippen LogP contribution < -0.4 is 19.7 Å². The maximum atomic E-state index is 5.13. The second-order valence-corrected chi connectivity index (χ2v) is 5.66. The molecule has 3 rings (SSSR count). The van der Waals surface area contributed by atoms with Crippen LogP contribution in [0.5, 0.6) is 12.0 Å². The summed E-state index contributed by atoms with van der Waals surface area (Å²) in [7, 11) is 3.11. The highest BCUT2D eigenvalue weighted by molar-refractivity contribution is 5.33. The Labute approximate surface area is 125 Å². The number of nitrogens with zero attached hydrogens (tertiary/aromatic N) is 4. The normalized spacial score (nSPS) is 25.9. The Morgan fingerprint density at radius 1 is 1.05 bits per heavy atom. The van der Waals surface area contributed by atoms with E-state index in [1.165, 1.54) is 25.7 Å². The standard InChI is InChI=1S/C14H23N5O2/c1-20-13-16-12(17-14(18-13)21-2)19-8-4-5-10(9-19)11-6-3-7-15-11/h10-11,15H,3-9H2,1-2H3. The minimum absolute atomic E-state index is 0.304. The molecule has 0 aromatic carbocycles. The van der Waals surface area contributed by atoms with Gasteiger partial charge in [-0.3, -0.25) is 0 Å². The van der Waals surface area contributed by atoms with Crippen molar-refractivity contribution in [2.75, 3.05) is 38.8 Å². The van der Waals surface area contributed by atoms with Crippen LogP contribution in [0.15, 0.2) is 0 Å². The first kappa shape index (κ1) is 14.3. The summed E-state index contributed by atoms with van der Waals surface area (Å²) in [6, 6.07) is 1.24. The minimum atomic E-state index is 0.304. The van der Waals surface area contributed by atoms with E-state index in [4.69, 9.17) is 9.47 Å². The summed E-state index contributed by atoms with van der Waals surface area (Å²) in [5.74, 6) is 1.32. The average molecular weight is 293 g/mol. The topological polar surface area (TPSA) is 72.4 Å². The molecule has 2 aliphatic rings. The predicted octanol–water partition coefficient (Wildman–Crippen LogP) is 0.857. The Morgan fingerprint density at radius 3 is 2.43 bits per heavy atom. The van der Waals surface area contributed by atoms with E-state index in [0.29, 0.717) is 29.9 Å². The number of hydrogen-bond donors (Lipinski definition) is 1. The van der Waals surface area contributed by atoms with E-state index >= 15 is 0 Å². The van der Waals surface area contributed by atoms with Crippen LogP contribution in [0.4, 0.5) is 5.95 Å². The SMILES string of the molecule is COc1nc(OC)nc(N2CCCC(C3CCCN3)C2)n1. The summed E-state index contributed by atoms with van der Waals surface area (Å²) in [5.41, 5.74) is 0. The molecular formula is C14H23N5O2. The van der Waals surface area contributed by atoms with Gasteiger partial charge in [-0.1, -0.05) is 0 Å². The minimum Gasteiger partial charge on any atom is -0.467 e. The van der Waals surface area contributed by atoms with Crippen molar-refractivity contribution < 1.29 is 9.47 Å². The smallest absolute Gasteiger partial charge is 0.324 e. The number of hydrogen-bond acceptors (Lipinski definition) is 7. The fraction of sp³-hybridized carbons (Fsp3) is 0.786. The number of ether oxygens (including phenoxy) is 2. The molecule has 1 aromatic rings. The first-order valence-corrected chi connectivity index (χ1v) is 7.62. The van der Waals surface area contributed by atoms with Gasteiger partial charge in [0.05, 0.1) is 14.2 Å². The third-order valence-corrected chi connectivity index (χ3v) is 4.36. The first-order chi connectivity index (χ1) is 10.3. The van der Waals surface area contributed by atoms with Gasteiger partial charge in [0.15, 0.2) is 0 Å². The van der Waals surface area contributed by atoms with Gasteiger partial charge in [0.2, 0.25) is 5.95 Å². The largest absolute Gasteiger partial charge is 0.467 e. The average Bonchev–Trinajstić information content (AvgIpc) is 3.09. The molecule has 116 valence electrons. The second-order valence-electron chi connectivity index (χ2n) is 5.66. The highest BCUT2D eigenvalue weighted by Gasteiger charge is 2.30. The summed E-state index contributed by atoms with van der Waals surface area (Å²) in [5, 5.41) is 3.61. The van der Waals surface area contributed by atoms with Gasteiger partial charge < -0.3 is 19.7 Å². The van der Waals surface area contributed by atoms with Crippen molar-refractivity contribution in [1.82, 2.24) is 20.3 Å². The molecule has 0 bridgehead atoms. The molecule has 3 heterocycles. The molecule has 0 spiro atoms. The number of anilines is 1. The second kappa shape index (κ2) is 6.43. The van der Waals surface area contributed by atoms with Gasteiger partial charge in [0.1, 0.15) is 0 Å². The monoisotopic (exact) mass is 293 g/mol. The van der Waals surface area contributed by atoms with Gasteiger partial charge in [0.25, 0.3) is 0 Å². The van der Waals surface area contributed by atoms with Crippen molar-refractivity contribution in [1.29, 1.82) is 0 Å². The van der Waals surface area contributed by atoms with Crippen LogP contribution in [0.3, 0.4) is 0 Å². The van der Waals surface area contributed by atoms with Gasteiger partial charge in [0, 0.05) is 19.1 Å². The van der Waals surface area contributed by atoms with E-state index in [9.17, 15) is 0 Å². The van der Waals surface area contributed by atoms with Gasteiger partial charge in [-0.15, -0.1) is 4.98 Å². The van der Waals surface area contributed by atoms with Crippen molar-refractivity contribution in [3.8, 4) is 12.0 Å². The molecule has 2 aliphatic heterocycles. The zero-order chi connectivity index (χ0) is 14.7. The molecule has 0 aliphatic carbocycles. The number of rotatable bonds is 4. The summed E-state index contributed by atoms with van der Waals surface area (Å²) in [6.07, 6.45) is 5.00. The van der Waals surface area contributed by atoms with Crippen molar-refractivity contribution in [2.24, 2.45) is 5.92 Å². The first-order valence-electron chi connectivity index (χ1n) is 7.62. The molecule has 2 unspecified atom stereocenters. The molecule has 1 aromatic heterocycles. The lowest BCUT2D eigenvalue weighted by molar-refractivity contribution is 0.318. The third-order valence-electron chi connectivity index (χ3n) is 4.36. The van der Waals surface area contributed by atoms with Crippen molar-refractivity contribution >= 4 is 5.95 Å². The van der Waals surface area contributed by atoms with Gasteiger partial charge in [-0.05, 0) is 38.1 Å². The lowest BCUT2D eigenvalue weighted by Gasteiger charge is -2.35. The Kier molecular flexibility index (Phi) is 4.38. The maximum absolute atomic E-state index is 5.13. The molecule has 2 saturated heterocycles. The Hall–Kier alpha value is -1.63. The molecule has 21 heavy (non-hydrogen) atoms. The maximum Gasteiger partial charge on any atom is 0.324 e. The third kappa shape index (κ3) is 3.18. The summed E-state index contributed by atoms with van der Waals surface area (Å²) < 4.78 is 10.3. The molecule has 2 fully saturated rings. The van der Waals surface area contributed by atoms with E-state index in [1.807, 2.05) is 0 Å². The fourth-order valence-electron chi connectivity index (χ4n) is 3.29. The number of aromatic nitrogens is 3. The lowest BCUT2D eigenvalue weighted by Crippen LogP contribution is -2.44. The molecule has 7 nitrogen and oxygen atoms in total. The van der Waals surface area contributed by atoms with Gasteiger partial charge >= 0.3 is 12.0 Å². The van der Waals surface area contributed by atoms with Gasteiger partial charge in [-0.25, -0.2) is 0 Å². The zero-order valence-corrected chi connectivity index (χ0v) is 12.7. The van der Waals surface area contributed by atoms with E-state index in [1.54, 1.807) is 14.2 Å². The Morgan fingerprint density at radius 2 is 1.81 bits per heavy atom. The molecule has 2 atom stereocenters. The van der Waals surface area contributed by atoms with Crippen molar-refractivity contribution in [3.05, 3.63) is 0 Å². The summed E-state index contributed by atoms with van der Waals surface area (Å²) in [6.45, 7) is 3.10. The van der Waals surface area contributed by atoms with E-state index in [-0.39, 0.29) is 0 Å². The Bertz CT molecular complexity index is 456. The van der Waals surface area contributed by atoms with Crippen LogP contribution >= 0.6 is 0 Å². The van der Waals surface area contributed by atoms with Crippen LogP contribution in [0.2, 0.25) is 0 Å². The van der Waals surface area contributed by atoms with Crippen LogP contribution in [0.25, 0.3) is 0 Å². The van der Waals surface area contributed by atoms with E-state index in [0.717, 1.165) is 19.6 Å². The molecule has 0 saturated carbocycles. The Balaban J connectivity index is 1.75. The molecule has 0 amide bonds. The zero-order valence-electron chi connectivity index (χ0n) is 12.7. The number of piperidine rings is 1. The van der Waals surface area contributed by atoms with Crippen LogP contribution in [0, 0.1) is 5.92 Å². The molecule has 7 heteroatoms. The van der Waals surface area contributed by atoms with Crippen LogP contribution in [-0.2, 0) is 0 Å². The quantitative estimate of drug-likeness (QED) is 0.882. The lowest BCUT2D eigenvalue weighted by atomic mass is 9.90. The molecule has 0 radical (unpaired) electrons. The molecule has 1 N–H and O–H groups in total. The molecular weight excluding hydrogens is 270 g/mol. The number of nitrogens with one attached hydrogen (secondary N) is 1. The van der Waals surface area contributed by atoms with E-state index < -0.39 is 0 Å². The highest BCUT2D eigenvalue weighted by Crippen LogP contribution is 2.27. The fourth-order valence-corrected chi connectivity index (χ4v) is 3.29.